The van der Waals surface area contributed by atoms with Crippen molar-refractivity contribution in [3.05, 3.63) is 60.1 Å². The zero-order valence-electron chi connectivity index (χ0n) is 13.6. The Labute approximate surface area is 143 Å². The molecule has 2 aromatic heterocycles. The standard InChI is InChI=1S/C17H17FN4O3/c1-22(17(23)19-11-14-3-2-10-24-14)9-8-15-20-16(25-21-15)12-4-6-13(18)7-5-12/h2-7,10H,8-9,11H2,1H3,(H,19,23). The summed E-state index contributed by atoms with van der Waals surface area (Å²) in [7, 11) is 1.68. The van der Waals surface area contributed by atoms with Gasteiger partial charge in [0.05, 0.1) is 12.8 Å². The lowest BCUT2D eigenvalue weighted by Gasteiger charge is -2.16. The molecule has 2 heterocycles. The van der Waals surface area contributed by atoms with Crippen LogP contribution in [0.4, 0.5) is 9.18 Å². The van der Waals surface area contributed by atoms with Crippen LogP contribution in [0.5, 0.6) is 0 Å². The fourth-order valence-electron chi connectivity index (χ4n) is 2.15. The van der Waals surface area contributed by atoms with Gasteiger partial charge in [-0.25, -0.2) is 9.18 Å². The monoisotopic (exact) mass is 344 g/mol. The molecule has 0 unspecified atom stereocenters. The molecule has 0 spiro atoms. The van der Waals surface area contributed by atoms with E-state index >= 15 is 0 Å². The number of furan rings is 1. The van der Waals surface area contributed by atoms with Gasteiger partial charge in [0.2, 0.25) is 0 Å². The number of benzene rings is 1. The molecule has 2 amide bonds. The molecule has 0 aliphatic rings. The van der Waals surface area contributed by atoms with Gasteiger partial charge in [-0.05, 0) is 36.4 Å². The minimum absolute atomic E-state index is 0.223. The van der Waals surface area contributed by atoms with Crippen LogP contribution in [0.15, 0.2) is 51.6 Å². The highest BCUT2D eigenvalue weighted by molar-refractivity contribution is 5.73. The quantitative estimate of drug-likeness (QED) is 0.743. The molecule has 8 heteroatoms. The predicted molar refractivity (Wildman–Crippen MR) is 87.0 cm³/mol. The van der Waals surface area contributed by atoms with Gasteiger partial charge in [-0.1, -0.05) is 5.16 Å². The number of nitrogens with zero attached hydrogens (tertiary/aromatic N) is 3. The summed E-state index contributed by atoms with van der Waals surface area (Å²) >= 11 is 0. The Balaban J connectivity index is 1.49. The number of carbonyl (C=O) groups excluding carboxylic acids is 1. The molecule has 0 saturated carbocycles. The number of hydrogen-bond acceptors (Lipinski definition) is 5. The fraction of sp³-hybridized carbons (Fsp3) is 0.235. The van der Waals surface area contributed by atoms with E-state index in [-0.39, 0.29) is 11.8 Å². The summed E-state index contributed by atoms with van der Waals surface area (Å²) in [6, 6.07) is 9.13. The summed E-state index contributed by atoms with van der Waals surface area (Å²) in [5.41, 5.74) is 0.643. The van der Waals surface area contributed by atoms with Crippen molar-refractivity contribution in [3.63, 3.8) is 0 Å². The first-order chi connectivity index (χ1) is 12.1. The van der Waals surface area contributed by atoms with Crippen LogP contribution in [-0.2, 0) is 13.0 Å². The lowest BCUT2D eigenvalue weighted by Crippen LogP contribution is -2.38. The van der Waals surface area contributed by atoms with Crippen LogP contribution in [0.3, 0.4) is 0 Å². The number of aromatic nitrogens is 2. The third-order valence-corrected chi connectivity index (χ3v) is 3.57. The zero-order valence-corrected chi connectivity index (χ0v) is 13.6. The second-order valence-corrected chi connectivity index (χ2v) is 5.43. The summed E-state index contributed by atoms with van der Waals surface area (Å²) < 4.78 is 23.3. The predicted octanol–water partition coefficient (Wildman–Crippen LogP) is 2.85. The number of nitrogens with one attached hydrogen (secondary N) is 1. The van der Waals surface area contributed by atoms with E-state index in [0.29, 0.717) is 42.5 Å². The van der Waals surface area contributed by atoms with Crippen molar-refractivity contribution in [1.29, 1.82) is 0 Å². The number of halogens is 1. The highest BCUT2D eigenvalue weighted by Crippen LogP contribution is 2.17. The van der Waals surface area contributed by atoms with Crippen LogP contribution >= 0.6 is 0 Å². The van der Waals surface area contributed by atoms with E-state index < -0.39 is 0 Å². The first-order valence-electron chi connectivity index (χ1n) is 7.71. The molecular formula is C17H17FN4O3. The maximum Gasteiger partial charge on any atom is 0.317 e. The number of likely N-dealkylation sites (N-methyl/N-ethyl adjacent to an activating group) is 1. The molecule has 130 valence electrons. The van der Waals surface area contributed by atoms with E-state index in [0.717, 1.165) is 0 Å². The van der Waals surface area contributed by atoms with E-state index in [2.05, 4.69) is 15.5 Å². The molecule has 0 fully saturated rings. The largest absolute Gasteiger partial charge is 0.467 e. The molecule has 3 rings (SSSR count). The lowest BCUT2D eigenvalue weighted by molar-refractivity contribution is 0.207. The number of amides is 2. The smallest absolute Gasteiger partial charge is 0.317 e. The minimum Gasteiger partial charge on any atom is -0.467 e. The van der Waals surface area contributed by atoms with Crippen molar-refractivity contribution in [3.8, 4) is 11.5 Å². The Morgan fingerprint density at radius 3 is 2.80 bits per heavy atom. The number of rotatable bonds is 6. The Kier molecular flexibility index (Phi) is 5.08. The topological polar surface area (TPSA) is 84.4 Å². The fourth-order valence-corrected chi connectivity index (χ4v) is 2.15. The molecule has 1 aromatic carbocycles. The van der Waals surface area contributed by atoms with Gasteiger partial charge in [0.1, 0.15) is 11.6 Å². The second-order valence-electron chi connectivity index (χ2n) is 5.43. The third-order valence-electron chi connectivity index (χ3n) is 3.57. The average Bonchev–Trinajstić information content (AvgIpc) is 3.30. The van der Waals surface area contributed by atoms with Crippen molar-refractivity contribution >= 4 is 6.03 Å². The summed E-state index contributed by atoms with van der Waals surface area (Å²) in [6.07, 6.45) is 2.00. The number of carbonyl (C=O) groups is 1. The van der Waals surface area contributed by atoms with Gasteiger partial charge in [0.15, 0.2) is 5.82 Å². The van der Waals surface area contributed by atoms with Crippen LogP contribution < -0.4 is 5.32 Å². The summed E-state index contributed by atoms with van der Waals surface area (Å²) in [4.78, 5) is 17.8. The van der Waals surface area contributed by atoms with Gasteiger partial charge >= 0.3 is 6.03 Å². The average molecular weight is 344 g/mol. The molecule has 1 N–H and O–H groups in total. The van der Waals surface area contributed by atoms with E-state index in [9.17, 15) is 9.18 Å². The van der Waals surface area contributed by atoms with E-state index in [4.69, 9.17) is 8.94 Å². The van der Waals surface area contributed by atoms with Gasteiger partial charge in [0.25, 0.3) is 5.89 Å². The highest BCUT2D eigenvalue weighted by Gasteiger charge is 2.12. The summed E-state index contributed by atoms with van der Waals surface area (Å²) in [5.74, 6) is 1.15. The molecule has 25 heavy (non-hydrogen) atoms. The van der Waals surface area contributed by atoms with Crippen molar-refractivity contribution in [1.82, 2.24) is 20.4 Å². The van der Waals surface area contributed by atoms with Crippen LogP contribution in [-0.4, -0.2) is 34.7 Å². The molecular weight excluding hydrogens is 327 g/mol. The first-order valence-corrected chi connectivity index (χ1v) is 7.71. The first kappa shape index (κ1) is 16.7. The number of hydrogen-bond donors (Lipinski definition) is 1. The van der Waals surface area contributed by atoms with Gasteiger partial charge in [0, 0.05) is 25.6 Å². The third kappa shape index (κ3) is 4.43. The highest BCUT2D eigenvalue weighted by atomic mass is 19.1. The molecule has 3 aromatic rings. The molecule has 0 bridgehead atoms. The number of urea groups is 1. The molecule has 0 aliphatic heterocycles. The van der Waals surface area contributed by atoms with Gasteiger partial charge in [-0.3, -0.25) is 0 Å². The SMILES string of the molecule is CN(CCc1noc(-c2ccc(F)cc2)n1)C(=O)NCc1ccco1. The van der Waals surface area contributed by atoms with E-state index in [1.54, 1.807) is 37.6 Å². The van der Waals surface area contributed by atoms with E-state index in [1.165, 1.54) is 17.0 Å². The van der Waals surface area contributed by atoms with Crippen LogP contribution in [0.1, 0.15) is 11.6 Å². The van der Waals surface area contributed by atoms with Crippen LogP contribution in [0.25, 0.3) is 11.5 Å². The van der Waals surface area contributed by atoms with Gasteiger partial charge < -0.3 is 19.2 Å². The van der Waals surface area contributed by atoms with Gasteiger partial charge in [-0.2, -0.15) is 4.98 Å². The molecule has 0 aliphatic carbocycles. The Bertz CT molecular complexity index is 815. The van der Waals surface area contributed by atoms with Crippen molar-refractivity contribution in [2.24, 2.45) is 0 Å². The van der Waals surface area contributed by atoms with Gasteiger partial charge in [-0.15, -0.1) is 0 Å². The lowest BCUT2D eigenvalue weighted by atomic mass is 10.2. The molecule has 0 radical (unpaired) electrons. The Hall–Kier alpha value is -3.16. The van der Waals surface area contributed by atoms with Crippen molar-refractivity contribution < 1.29 is 18.1 Å². The van der Waals surface area contributed by atoms with Crippen LogP contribution in [0.2, 0.25) is 0 Å². The summed E-state index contributed by atoms with van der Waals surface area (Å²) in [6.45, 7) is 0.749. The zero-order chi connectivity index (χ0) is 17.6. The Morgan fingerprint density at radius 1 is 1.28 bits per heavy atom. The maximum absolute atomic E-state index is 12.9. The van der Waals surface area contributed by atoms with E-state index in [1.807, 2.05) is 0 Å². The van der Waals surface area contributed by atoms with Crippen molar-refractivity contribution in [2.75, 3.05) is 13.6 Å². The second kappa shape index (κ2) is 7.61. The molecule has 0 saturated heterocycles. The van der Waals surface area contributed by atoms with Crippen molar-refractivity contribution in [2.45, 2.75) is 13.0 Å². The maximum atomic E-state index is 12.9. The molecule has 7 nitrogen and oxygen atoms in total. The van der Waals surface area contributed by atoms with Crippen LogP contribution in [0, 0.1) is 5.82 Å². The normalized spacial score (nSPS) is 10.6. The minimum atomic E-state index is -0.328. The molecule has 0 atom stereocenters. The Morgan fingerprint density at radius 2 is 2.08 bits per heavy atom. The summed E-state index contributed by atoms with van der Waals surface area (Å²) in [5, 5.41) is 6.63.